The molecule has 3 heterocycles. The maximum atomic E-state index is 13.4. The number of fused-ring (bicyclic) bond motifs is 3. The average Bonchev–Trinajstić information content (AvgIpc) is 3.21. The summed E-state index contributed by atoms with van der Waals surface area (Å²) in [5.74, 6) is 0.157. The number of hydrogen-bond acceptors (Lipinski definition) is 5. The Morgan fingerprint density at radius 3 is 3.04 bits per heavy atom. The number of amides is 1. The van der Waals surface area contributed by atoms with E-state index < -0.39 is 5.82 Å². The molecule has 3 aromatic rings. The van der Waals surface area contributed by atoms with E-state index in [0.29, 0.717) is 24.6 Å². The van der Waals surface area contributed by atoms with Gasteiger partial charge >= 0.3 is 0 Å². The lowest BCUT2D eigenvalue weighted by atomic mass is 10.2. The third-order valence-electron chi connectivity index (χ3n) is 4.34. The third-order valence-corrected chi connectivity index (χ3v) is 5.76. The van der Waals surface area contributed by atoms with Crippen molar-refractivity contribution in [1.29, 1.82) is 0 Å². The van der Waals surface area contributed by atoms with Crippen LogP contribution in [0, 0.1) is 5.82 Å². The smallest absolute Gasteiger partial charge is 0.246 e. The molecule has 27 heavy (non-hydrogen) atoms. The predicted octanol–water partition coefficient (Wildman–Crippen LogP) is 5.04. The first-order valence-electron chi connectivity index (χ1n) is 8.49. The summed E-state index contributed by atoms with van der Waals surface area (Å²) >= 11 is 7.44. The molecule has 0 radical (unpaired) electrons. The molecule has 4 rings (SSSR count). The summed E-state index contributed by atoms with van der Waals surface area (Å²) in [7, 11) is 0. The normalized spacial score (nSPS) is 13.5. The second-order valence-electron chi connectivity index (χ2n) is 6.17. The molecule has 0 saturated heterocycles. The SMILES string of the molecule is CC/C=C/C(=O)N1Cc2sc3ncnc(Nc4ccc(F)c(Cl)c4)c3c2C1. The van der Waals surface area contributed by atoms with Gasteiger partial charge in [0.15, 0.2) is 0 Å². The topological polar surface area (TPSA) is 58.1 Å². The number of rotatable bonds is 4. The molecule has 1 amide bonds. The fourth-order valence-corrected chi connectivity index (χ4v) is 4.38. The van der Waals surface area contributed by atoms with Gasteiger partial charge in [-0.1, -0.05) is 24.6 Å². The van der Waals surface area contributed by atoms with Gasteiger partial charge < -0.3 is 10.2 Å². The lowest BCUT2D eigenvalue weighted by Gasteiger charge is -2.13. The van der Waals surface area contributed by atoms with Gasteiger partial charge in [-0.05, 0) is 30.7 Å². The van der Waals surface area contributed by atoms with E-state index in [-0.39, 0.29) is 10.9 Å². The van der Waals surface area contributed by atoms with E-state index >= 15 is 0 Å². The molecule has 0 fully saturated rings. The van der Waals surface area contributed by atoms with Gasteiger partial charge in [0.25, 0.3) is 0 Å². The highest BCUT2D eigenvalue weighted by atomic mass is 35.5. The molecule has 138 valence electrons. The van der Waals surface area contributed by atoms with Crippen LogP contribution in [0.15, 0.2) is 36.7 Å². The lowest BCUT2D eigenvalue weighted by molar-refractivity contribution is -0.126. The molecule has 1 N–H and O–H groups in total. The summed E-state index contributed by atoms with van der Waals surface area (Å²) in [4.78, 5) is 24.8. The van der Waals surface area contributed by atoms with Gasteiger partial charge in [0.2, 0.25) is 5.91 Å². The van der Waals surface area contributed by atoms with Crippen molar-refractivity contribution < 1.29 is 9.18 Å². The molecule has 2 aromatic heterocycles. The van der Waals surface area contributed by atoms with Crippen molar-refractivity contribution in [3.8, 4) is 0 Å². The zero-order chi connectivity index (χ0) is 19.0. The second-order valence-corrected chi connectivity index (χ2v) is 7.66. The average molecular weight is 403 g/mol. The van der Waals surface area contributed by atoms with Crippen molar-refractivity contribution in [1.82, 2.24) is 14.9 Å². The van der Waals surface area contributed by atoms with Crippen molar-refractivity contribution in [2.75, 3.05) is 5.32 Å². The fourth-order valence-electron chi connectivity index (χ4n) is 3.04. The highest BCUT2D eigenvalue weighted by molar-refractivity contribution is 7.19. The number of benzene rings is 1. The van der Waals surface area contributed by atoms with E-state index in [4.69, 9.17) is 11.6 Å². The minimum atomic E-state index is -0.472. The summed E-state index contributed by atoms with van der Waals surface area (Å²) in [6.07, 6.45) is 5.80. The molecule has 0 atom stereocenters. The van der Waals surface area contributed by atoms with E-state index in [1.807, 2.05) is 13.0 Å². The molecule has 5 nitrogen and oxygen atoms in total. The monoisotopic (exact) mass is 402 g/mol. The summed E-state index contributed by atoms with van der Waals surface area (Å²) < 4.78 is 13.4. The Hall–Kier alpha value is -2.51. The van der Waals surface area contributed by atoms with Crippen molar-refractivity contribution in [3.05, 3.63) is 58.0 Å². The Morgan fingerprint density at radius 2 is 2.26 bits per heavy atom. The Balaban J connectivity index is 1.67. The van der Waals surface area contributed by atoms with Gasteiger partial charge in [-0.2, -0.15) is 0 Å². The number of aromatic nitrogens is 2. The molecule has 0 aliphatic carbocycles. The molecule has 8 heteroatoms. The summed E-state index contributed by atoms with van der Waals surface area (Å²) in [5, 5.41) is 4.13. The first-order chi connectivity index (χ1) is 13.1. The molecule has 1 aromatic carbocycles. The number of thiophene rings is 1. The summed E-state index contributed by atoms with van der Waals surface area (Å²) in [6, 6.07) is 4.43. The molecule has 0 unspecified atom stereocenters. The van der Waals surface area contributed by atoms with Gasteiger partial charge in [0.05, 0.1) is 17.0 Å². The van der Waals surface area contributed by atoms with Crippen LogP contribution in [0.5, 0.6) is 0 Å². The van der Waals surface area contributed by atoms with Crippen LogP contribution in [-0.4, -0.2) is 20.8 Å². The van der Waals surface area contributed by atoms with Gasteiger partial charge in [-0.15, -0.1) is 11.3 Å². The molecule has 0 bridgehead atoms. The maximum Gasteiger partial charge on any atom is 0.246 e. The largest absolute Gasteiger partial charge is 0.340 e. The van der Waals surface area contributed by atoms with E-state index in [0.717, 1.165) is 27.1 Å². The van der Waals surface area contributed by atoms with Gasteiger partial charge in [0, 0.05) is 22.7 Å². The summed E-state index contributed by atoms with van der Waals surface area (Å²) in [5.41, 5.74) is 1.70. The molecular weight excluding hydrogens is 387 g/mol. The number of allylic oxidation sites excluding steroid dienone is 1. The molecule has 0 spiro atoms. The molecular formula is C19H16ClFN4OS. The zero-order valence-corrected chi connectivity index (χ0v) is 16.1. The van der Waals surface area contributed by atoms with E-state index in [9.17, 15) is 9.18 Å². The summed E-state index contributed by atoms with van der Waals surface area (Å²) in [6.45, 7) is 3.09. The maximum absolute atomic E-state index is 13.4. The number of anilines is 2. The molecule has 0 saturated carbocycles. The van der Waals surface area contributed by atoms with Crippen LogP contribution in [0.2, 0.25) is 5.02 Å². The van der Waals surface area contributed by atoms with Crippen LogP contribution in [0.1, 0.15) is 23.8 Å². The Kier molecular flexibility index (Phi) is 4.80. The van der Waals surface area contributed by atoms with Gasteiger partial charge in [-0.3, -0.25) is 4.79 Å². The quantitative estimate of drug-likeness (QED) is 0.621. The van der Waals surface area contributed by atoms with Crippen molar-refractivity contribution in [3.63, 3.8) is 0 Å². The minimum absolute atomic E-state index is 0.00470. The molecule has 1 aliphatic rings. The van der Waals surface area contributed by atoms with E-state index in [1.165, 1.54) is 18.5 Å². The van der Waals surface area contributed by atoms with Crippen LogP contribution in [0.4, 0.5) is 15.9 Å². The number of hydrogen-bond donors (Lipinski definition) is 1. The molecule has 1 aliphatic heterocycles. The first kappa shape index (κ1) is 17.9. The Bertz CT molecular complexity index is 1070. The van der Waals surface area contributed by atoms with Crippen LogP contribution < -0.4 is 5.32 Å². The number of carbonyl (C=O) groups is 1. The second kappa shape index (κ2) is 7.25. The van der Waals surface area contributed by atoms with Crippen LogP contribution in [0.3, 0.4) is 0 Å². The number of halogens is 2. The van der Waals surface area contributed by atoms with E-state index in [1.54, 1.807) is 28.4 Å². The highest BCUT2D eigenvalue weighted by Crippen LogP contribution is 2.40. The Morgan fingerprint density at radius 1 is 1.41 bits per heavy atom. The van der Waals surface area contributed by atoms with Crippen LogP contribution >= 0.6 is 22.9 Å². The number of nitrogens with one attached hydrogen (secondary N) is 1. The van der Waals surface area contributed by atoms with Crippen molar-refractivity contribution >= 4 is 50.6 Å². The minimum Gasteiger partial charge on any atom is -0.340 e. The van der Waals surface area contributed by atoms with E-state index in [2.05, 4.69) is 15.3 Å². The fraction of sp³-hybridized carbons (Fsp3) is 0.211. The predicted molar refractivity (Wildman–Crippen MR) is 106 cm³/mol. The highest BCUT2D eigenvalue weighted by Gasteiger charge is 2.28. The number of nitrogens with zero attached hydrogens (tertiary/aromatic N) is 3. The van der Waals surface area contributed by atoms with Crippen molar-refractivity contribution in [2.45, 2.75) is 26.4 Å². The van der Waals surface area contributed by atoms with Crippen LogP contribution in [0.25, 0.3) is 10.2 Å². The van der Waals surface area contributed by atoms with Gasteiger partial charge in [0.1, 0.15) is 22.8 Å². The van der Waals surface area contributed by atoms with Crippen molar-refractivity contribution in [2.24, 2.45) is 0 Å². The lowest BCUT2D eigenvalue weighted by Crippen LogP contribution is -2.23. The van der Waals surface area contributed by atoms with Crippen LogP contribution in [-0.2, 0) is 17.9 Å². The zero-order valence-electron chi connectivity index (χ0n) is 14.5. The standard InChI is InChI=1S/C19H16ClFN4OS/c1-2-3-4-16(26)25-8-12-15(9-25)27-19-17(12)18(22-10-23-19)24-11-5-6-14(21)13(20)7-11/h3-7,10H,2,8-9H2,1H3,(H,22,23,24)/b4-3+. The van der Waals surface area contributed by atoms with Gasteiger partial charge in [-0.25, -0.2) is 14.4 Å². The first-order valence-corrected chi connectivity index (χ1v) is 9.69. The Labute approximate surface area is 164 Å². The number of carbonyl (C=O) groups excluding carboxylic acids is 1. The third kappa shape index (κ3) is 3.40.